The summed E-state index contributed by atoms with van der Waals surface area (Å²) in [6, 6.07) is 9.86. The second kappa shape index (κ2) is 6.54. The Morgan fingerprint density at radius 3 is 2.43 bits per heavy atom. The fourth-order valence-corrected chi connectivity index (χ4v) is 2.22. The Labute approximate surface area is 125 Å². The molecule has 5 nitrogen and oxygen atoms in total. The van der Waals surface area contributed by atoms with Crippen LogP contribution >= 0.6 is 0 Å². The number of carbonyl (C=O) groups is 1. The molecule has 2 N–H and O–H groups in total. The van der Waals surface area contributed by atoms with Gasteiger partial charge in [0.25, 0.3) is 5.91 Å². The van der Waals surface area contributed by atoms with E-state index in [0.29, 0.717) is 18.8 Å². The molecule has 2 rings (SSSR count). The van der Waals surface area contributed by atoms with E-state index < -0.39 is 0 Å². The molecule has 1 aromatic heterocycles. The van der Waals surface area contributed by atoms with E-state index in [1.807, 2.05) is 37.3 Å². The fraction of sp³-hybridized carbons (Fsp3) is 0.375. The Kier molecular flexibility index (Phi) is 4.75. The van der Waals surface area contributed by atoms with Gasteiger partial charge in [0.2, 0.25) is 0 Å². The molecule has 0 spiro atoms. The van der Waals surface area contributed by atoms with Crippen LogP contribution < -0.4 is 5.73 Å². The third-order valence-corrected chi connectivity index (χ3v) is 3.54. The Hall–Kier alpha value is -2.14. The fourth-order valence-electron chi connectivity index (χ4n) is 2.22. The van der Waals surface area contributed by atoms with E-state index in [9.17, 15) is 4.79 Å². The molecule has 0 aliphatic carbocycles. The van der Waals surface area contributed by atoms with E-state index in [1.54, 1.807) is 23.7 Å². The number of benzene rings is 1. The van der Waals surface area contributed by atoms with Gasteiger partial charge in [-0.2, -0.15) is 5.10 Å². The van der Waals surface area contributed by atoms with Gasteiger partial charge >= 0.3 is 0 Å². The molecule has 0 radical (unpaired) electrons. The van der Waals surface area contributed by atoms with Gasteiger partial charge in [0.15, 0.2) is 0 Å². The van der Waals surface area contributed by atoms with Crippen LogP contribution in [-0.4, -0.2) is 27.6 Å². The highest BCUT2D eigenvalue weighted by Crippen LogP contribution is 2.11. The highest BCUT2D eigenvalue weighted by molar-refractivity contribution is 5.92. The topological polar surface area (TPSA) is 64.2 Å². The van der Waals surface area contributed by atoms with Crippen LogP contribution in [0, 0.1) is 0 Å². The largest absolute Gasteiger partial charge is 0.336 e. The average Bonchev–Trinajstić information content (AvgIpc) is 2.88. The SMILES string of the molecule is CCc1cc(C(=O)N(C)Cc2ccc(CN)cc2)n(C)n1. The maximum absolute atomic E-state index is 12.5. The van der Waals surface area contributed by atoms with Crippen LogP contribution in [0.3, 0.4) is 0 Å². The highest BCUT2D eigenvalue weighted by atomic mass is 16.2. The smallest absolute Gasteiger partial charge is 0.272 e. The minimum Gasteiger partial charge on any atom is -0.336 e. The number of hydrogen-bond donors (Lipinski definition) is 1. The maximum atomic E-state index is 12.5. The van der Waals surface area contributed by atoms with E-state index in [-0.39, 0.29) is 5.91 Å². The highest BCUT2D eigenvalue weighted by Gasteiger charge is 2.17. The quantitative estimate of drug-likeness (QED) is 0.910. The van der Waals surface area contributed by atoms with Crippen LogP contribution in [0.1, 0.15) is 34.2 Å². The zero-order chi connectivity index (χ0) is 15.4. The molecule has 0 atom stereocenters. The molecule has 0 saturated heterocycles. The number of aryl methyl sites for hydroxylation is 2. The first-order chi connectivity index (χ1) is 10.0. The molecule has 0 aliphatic rings. The van der Waals surface area contributed by atoms with Crippen molar-refractivity contribution in [2.75, 3.05) is 7.05 Å². The number of nitrogens with zero attached hydrogens (tertiary/aromatic N) is 3. The third kappa shape index (κ3) is 3.49. The number of amides is 1. The van der Waals surface area contributed by atoms with Crippen molar-refractivity contribution >= 4 is 5.91 Å². The predicted octanol–water partition coefficient (Wildman–Crippen LogP) is 1.71. The third-order valence-electron chi connectivity index (χ3n) is 3.54. The first-order valence-corrected chi connectivity index (χ1v) is 7.11. The molecule has 1 heterocycles. The summed E-state index contributed by atoms with van der Waals surface area (Å²) in [7, 11) is 3.61. The summed E-state index contributed by atoms with van der Waals surface area (Å²) in [6.07, 6.45) is 0.825. The lowest BCUT2D eigenvalue weighted by Crippen LogP contribution is -2.28. The number of rotatable bonds is 5. The van der Waals surface area contributed by atoms with Crippen molar-refractivity contribution in [3.05, 3.63) is 52.8 Å². The van der Waals surface area contributed by atoms with E-state index in [4.69, 9.17) is 5.73 Å². The molecule has 0 bridgehead atoms. The van der Waals surface area contributed by atoms with Crippen molar-refractivity contribution in [2.45, 2.75) is 26.4 Å². The van der Waals surface area contributed by atoms with Gasteiger partial charge in [0.1, 0.15) is 5.69 Å². The van der Waals surface area contributed by atoms with Crippen molar-refractivity contribution < 1.29 is 4.79 Å². The van der Waals surface area contributed by atoms with Crippen LogP contribution in [-0.2, 0) is 26.6 Å². The molecule has 5 heteroatoms. The second-order valence-electron chi connectivity index (χ2n) is 5.18. The van der Waals surface area contributed by atoms with E-state index >= 15 is 0 Å². The summed E-state index contributed by atoms with van der Waals surface area (Å²) in [5.74, 6) is -0.0207. The maximum Gasteiger partial charge on any atom is 0.272 e. The standard InChI is InChI=1S/C16H22N4O/c1-4-14-9-15(20(3)18-14)16(21)19(2)11-13-7-5-12(10-17)6-8-13/h5-9H,4,10-11,17H2,1-3H3. The summed E-state index contributed by atoms with van der Waals surface area (Å²) < 4.78 is 1.65. The Balaban J connectivity index is 2.09. The molecule has 1 amide bonds. The first kappa shape index (κ1) is 15.3. The van der Waals surface area contributed by atoms with Crippen molar-refractivity contribution in [1.82, 2.24) is 14.7 Å². The molecule has 1 aromatic carbocycles. The van der Waals surface area contributed by atoms with Crippen molar-refractivity contribution in [2.24, 2.45) is 12.8 Å². The van der Waals surface area contributed by atoms with Crippen molar-refractivity contribution in [3.63, 3.8) is 0 Å². The lowest BCUT2D eigenvalue weighted by atomic mass is 10.1. The van der Waals surface area contributed by atoms with Crippen molar-refractivity contribution in [1.29, 1.82) is 0 Å². The first-order valence-electron chi connectivity index (χ1n) is 7.11. The molecule has 0 aliphatic heterocycles. The molecular formula is C16H22N4O. The molecule has 21 heavy (non-hydrogen) atoms. The predicted molar refractivity (Wildman–Crippen MR) is 82.7 cm³/mol. The van der Waals surface area contributed by atoms with Crippen LogP contribution in [0.2, 0.25) is 0 Å². The second-order valence-corrected chi connectivity index (χ2v) is 5.18. The Morgan fingerprint density at radius 2 is 1.90 bits per heavy atom. The minimum absolute atomic E-state index is 0.0207. The van der Waals surface area contributed by atoms with Gasteiger partial charge in [-0.15, -0.1) is 0 Å². The number of nitrogens with two attached hydrogens (primary N) is 1. The number of carbonyl (C=O) groups excluding carboxylic acids is 1. The van der Waals surface area contributed by atoms with Gasteiger partial charge in [0, 0.05) is 27.2 Å². The summed E-state index contributed by atoms with van der Waals surface area (Å²) in [6.45, 7) is 3.12. The van der Waals surface area contributed by atoms with Crippen LogP contribution in [0.15, 0.2) is 30.3 Å². The minimum atomic E-state index is -0.0207. The van der Waals surface area contributed by atoms with Crippen molar-refractivity contribution in [3.8, 4) is 0 Å². The Morgan fingerprint density at radius 1 is 1.29 bits per heavy atom. The molecular weight excluding hydrogens is 264 g/mol. The summed E-state index contributed by atoms with van der Waals surface area (Å²) in [5.41, 5.74) is 9.31. The molecule has 0 fully saturated rings. The normalized spacial score (nSPS) is 10.7. The van der Waals surface area contributed by atoms with E-state index in [1.165, 1.54) is 0 Å². The van der Waals surface area contributed by atoms with Crippen LogP contribution in [0.5, 0.6) is 0 Å². The monoisotopic (exact) mass is 286 g/mol. The van der Waals surface area contributed by atoms with Crippen LogP contribution in [0.4, 0.5) is 0 Å². The summed E-state index contributed by atoms with van der Waals surface area (Å²) in [5, 5.41) is 4.32. The molecule has 0 unspecified atom stereocenters. The number of aromatic nitrogens is 2. The van der Waals surface area contributed by atoms with Gasteiger partial charge in [-0.25, -0.2) is 0 Å². The zero-order valence-corrected chi connectivity index (χ0v) is 12.8. The van der Waals surface area contributed by atoms with Gasteiger partial charge < -0.3 is 10.6 Å². The lowest BCUT2D eigenvalue weighted by Gasteiger charge is -2.17. The van der Waals surface area contributed by atoms with Gasteiger partial charge in [-0.1, -0.05) is 31.2 Å². The van der Waals surface area contributed by atoms with E-state index in [2.05, 4.69) is 5.10 Å². The molecule has 0 saturated carbocycles. The van der Waals surface area contributed by atoms with Gasteiger partial charge in [-0.3, -0.25) is 9.48 Å². The van der Waals surface area contributed by atoms with Gasteiger partial charge in [-0.05, 0) is 23.6 Å². The Bertz CT molecular complexity index is 616. The lowest BCUT2D eigenvalue weighted by molar-refractivity contribution is 0.0774. The molecule has 2 aromatic rings. The van der Waals surface area contributed by atoms with E-state index in [0.717, 1.165) is 23.2 Å². The average molecular weight is 286 g/mol. The molecule has 112 valence electrons. The number of hydrogen-bond acceptors (Lipinski definition) is 3. The summed E-state index contributed by atoms with van der Waals surface area (Å²) in [4.78, 5) is 14.2. The zero-order valence-electron chi connectivity index (χ0n) is 12.8. The van der Waals surface area contributed by atoms with Gasteiger partial charge in [0.05, 0.1) is 5.69 Å². The summed E-state index contributed by atoms with van der Waals surface area (Å²) >= 11 is 0. The van der Waals surface area contributed by atoms with Crippen LogP contribution in [0.25, 0.3) is 0 Å².